The number of nitrogens with zero attached hydrogens (tertiary/aromatic N) is 1. The average Bonchev–Trinajstić information content (AvgIpc) is 3.08. The Labute approximate surface area is 166 Å². The molecule has 138 valence electrons. The lowest BCUT2D eigenvalue weighted by Crippen LogP contribution is -2.31. The van der Waals surface area contributed by atoms with E-state index in [0.29, 0.717) is 20.3 Å². The first-order valence-corrected chi connectivity index (χ1v) is 9.41. The fourth-order valence-corrected chi connectivity index (χ4v) is 4.02. The predicted octanol–water partition coefficient (Wildman–Crippen LogP) is 4.78. The van der Waals surface area contributed by atoms with Gasteiger partial charge in [0.2, 0.25) is 0 Å². The molecule has 2 atom stereocenters. The molecule has 0 amide bonds. The number of benzene rings is 1. The first-order valence-electron chi connectivity index (χ1n) is 7.80. The molecule has 3 aromatic rings. The van der Waals surface area contributed by atoms with Gasteiger partial charge in [-0.25, -0.2) is 8.78 Å². The van der Waals surface area contributed by atoms with E-state index in [4.69, 9.17) is 5.41 Å². The van der Waals surface area contributed by atoms with Crippen LogP contribution in [0, 0.1) is 23.0 Å². The maximum absolute atomic E-state index is 14.2. The third-order valence-electron chi connectivity index (χ3n) is 3.97. The summed E-state index contributed by atoms with van der Waals surface area (Å²) in [6.45, 7) is 0. The number of aliphatic hydroxyl groups is 1. The van der Waals surface area contributed by atoms with Crippen LogP contribution >= 0.6 is 27.3 Å². The van der Waals surface area contributed by atoms with Crippen LogP contribution in [0.5, 0.6) is 0 Å². The molecule has 0 bridgehead atoms. The number of carbonyl (C=O) groups excluding carboxylic acids is 1. The maximum Gasteiger partial charge on any atom is 0.184 e. The highest BCUT2D eigenvalue weighted by Crippen LogP contribution is 2.32. The molecule has 0 aliphatic carbocycles. The van der Waals surface area contributed by atoms with Crippen LogP contribution in [0.15, 0.2) is 58.6 Å². The number of nitrogens with one attached hydrogen (secondary N) is 1. The second-order valence-corrected chi connectivity index (χ2v) is 8.18. The molecule has 1 aromatic carbocycles. The van der Waals surface area contributed by atoms with Crippen molar-refractivity contribution >= 4 is 38.8 Å². The van der Waals surface area contributed by atoms with Crippen LogP contribution in [-0.4, -0.2) is 21.6 Å². The Morgan fingerprint density at radius 1 is 1.22 bits per heavy atom. The summed E-state index contributed by atoms with van der Waals surface area (Å²) in [4.78, 5) is 17.3. The third kappa shape index (κ3) is 4.18. The van der Waals surface area contributed by atoms with E-state index >= 15 is 0 Å². The van der Waals surface area contributed by atoms with E-state index in [1.165, 1.54) is 12.4 Å². The SMILES string of the molecule is N=C(c1ccc(F)cc1F)C(C(=O)c1ccc(Br)s1)C(O)c1cccnc1. The minimum atomic E-state index is -1.41. The van der Waals surface area contributed by atoms with E-state index in [-0.39, 0.29) is 5.56 Å². The number of aliphatic hydroxyl groups excluding tert-OH is 1. The van der Waals surface area contributed by atoms with E-state index < -0.39 is 35.2 Å². The molecule has 27 heavy (non-hydrogen) atoms. The summed E-state index contributed by atoms with van der Waals surface area (Å²) in [7, 11) is 0. The van der Waals surface area contributed by atoms with Gasteiger partial charge in [-0.15, -0.1) is 11.3 Å². The summed E-state index contributed by atoms with van der Waals surface area (Å²) in [5.41, 5.74) is -0.356. The highest BCUT2D eigenvalue weighted by Gasteiger charge is 2.35. The molecule has 3 rings (SSSR count). The summed E-state index contributed by atoms with van der Waals surface area (Å²) < 4.78 is 28.1. The number of thiophene rings is 1. The van der Waals surface area contributed by atoms with Crippen LogP contribution in [0.3, 0.4) is 0 Å². The van der Waals surface area contributed by atoms with Crippen molar-refractivity contribution in [3.8, 4) is 0 Å². The van der Waals surface area contributed by atoms with Gasteiger partial charge in [-0.2, -0.15) is 0 Å². The number of halogens is 3. The molecule has 0 aliphatic rings. The van der Waals surface area contributed by atoms with Crippen molar-refractivity contribution in [3.63, 3.8) is 0 Å². The van der Waals surface area contributed by atoms with Crippen LogP contribution in [0.4, 0.5) is 8.78 Å². The quantitative estimate of drug-likeness (QED) is 0.418. The number of carbonyl (C=O) groups is 1. The molecule has 0 fully saturated rings. The van der Waals surface area contributed by atoms with E-state index in [1.807, 2.05) is 0 Å². The van der Waals surface area contributed by atoms with E-state index in [1.54, 1.807) is 24.3 Å². The Morgan fingerprint density at radius 2 is 2.00 bits per heavy atom. The van der Waals surface area contributed by atoms with Crippen molar-refractivity contribution in [1.29, 1.82) is 5.41 Å². The minimum absolute atomic E-state index is 0.242. The number of rotatable bonds is 6. The second kappa shape index (κ2) is 8.16. The van der Waals surface area contributed by atoms with Crippen molar-refractivity contribution in [2.75, 3.05) is 0 Å². The Bertz CT molecular complexity index is 994. The largest absolute Gasteiger partial charge is 0.387 e. The molecule has 2 aromatic heterocycles. The molecule has 0 saturated carbocycles. The number of ketones is 1. The first kappa shape index (κ1) is 19.5. The molecular formula is C19H13BrF2N2O2S. The topological polar surface area (TPSA) is 74.0 Å². The van der Waals surface area contributed by atoms with Crippen molar-refractivity contribution in [2.24, 2.45) is 5.92 Å². The monoisotopic (exact) mass is 450 g/mol. The van der Waals surface area contributed by atoms with Crippen molar-refractivity contribution in [2.45, 2.75) is 6.10 Å². The zero-order valence-electron chi connectivity index (χ0n) is 13.7. The number of pyridine rings is 1. The van der Waals surface area contributed by atoms with Crippen LogP contribution < -0.4 is 0 Å². The summed E-state index contributed by atoms with van der Waals surface area (Å²) >= 11 is 4.42. The van der Waals surface area contributed by atoms with Gasteiger partial charge in [-0.1, -0.05) is 6.07 Å². The van der Waals surface area contributed by atoms with Crippen LogP contribution in [0.2, 0.25) is 0 Å². The van der Waals surface area contributed by atoms with E-state index in [2.05, 4.69) is 20.9 Å². The fourth-order valence-electron chi connectivity index (χ4n) is 2.65. The predicted molar refractivity (Wildman–Crippen MR) is 102 cm³/mol. The van der Waals surface area contributed by atoms with Gasteiger partial charge in [0.25, 0.3) is 0 Å². The standard InChI is InChI=1S/C19H13BrF2N2O2S/c20-15-6-5-14(27-15)19(26)16(18(25)10-2-1-7-24-9-10)17(23)12-4-3-11(21)8-13(12)22/h1-9,16,18,23,25H. The smallest absolute Gasteiger partial charge is 0.184 e. The van der Waals surface area contributed by atoms with E-state index in [0.717, 1.165) is 23.5 Å². The van der Waals surface area contributed by atoms with Gasteiger partial charge in [0.1, 0.15) is 11.6 Å². The summed E-state index contributed by atoms with van der Waals surface area (Å²) in [5, 5.41) is 19.2. The number of aromatic nitrogens is 1. The number of hydrogen-bond acceptors (Lipinski definition) is 5. The van der Waals surface area contributed by atoms with Gasteiger partial charge in [-0.3, -0.25) is 9.78 Å². The molecule has 2 unspecified atom stereocenters. The molecule has 0 aliphatic heterocycles. The Hall–Kier alpha value is -2.29. The lowest BCUT2D eigenvalue weighted by atomic mass is 9.84. The molecule has 2 heterocycles. The Balaban J connectivity index is 2.06. The molecule has 0 radical (unpaired) electrons. The van der Waals surface area contributed by atoms with Crippen LogP contribution in [0.25, 0.3) is 0 Å². The van der Waals surface area contributed by atoms with Crippen LogP contribution in [-0.2, 0) is 0 Å². The van der Waals surface area contributed by atoms with Gasteiger partial charge >= 0.3 is 0 Å². The van der Waals surface area contributed by atoms with E-state index in [9.17, 15) is 18.7 Å². The third-order valence-corrected chi connectivity index (χ3v) is 5.61. The average molecular weight is 451 g/mol. The summed E-state index contributed by atoms with van der Waals surface area (Å²) in [5.74, 6) is -3.67. The van der Waals surface area contributed by atoms with Crippen molar-refractivity contribution in [1.82, 2.24) is 4.98 Å². The zero-order valence-corrected chi connectivity index (χ0v) is 16.1. The first-order chi connectivity index (χ1) is 12.9. The second-order valence-electron chi connectivity index (χ2n) is 5.71. The summed E-state index contributed by atoms with van der Waals surface area (Å²) in [6, 6.07) is 9.13. The molecule has 8 heteroatoms. The maximum atomic E-state index is 14.2. The lowest BCUT2D eigenvalue weighted by molar-refractivity contribution is 0.0797. The summed E-state index contributed by atoms with van der Waals surface area (Å²) in [6.07, 6.45) is 1.47. The van der Waals surface area contributed by atoms with Crippen molar-refractivity contribution in [3.05, 3.63) is 86.3 Å². The fraction of sp³-hybridized carbons (Fsp3) is 0.105. The zero-order chi connectivity index (χ0) is 19.6. The normalized spacial score (nSPS) is 13.2. The molecule has 2 N–H and O–H groups in total. The minimum Gasteiger partial charge on any atom is -0.387 e. The van der Waals surface area contributed by atoms with Gasteiger partial charge in [0, 0.05) is 24.0 Å². The van der Waals surface area contributed by atoms with Crippen LogP contribution in [0.1, 0.15) is 26.9 Å². The molecule has 0 spiro atoms. The Kier molecular flexibility index (Phi) is 5.88. The van der Waals surface area contributed by atoms with Gasteiger partial charge in [-0.05, 0) is 51.8 Å². The lowest BCUT2D eigenvalue weighted by Gasteiger charge is -2.23. The number of hydrogen-bond donors (Lipinski definition) is 2. The highest BCUT2D eigenvalue weighted by molar-refractivity contribution is 9.11. The van der Waals surface area contributed by atoms with Gasteiger partial charge in [0.05, 0.1) is 26.4 Å². The molecule has 0 saturated heterocycles. The highest BCUT2D eigenvalue weighted by atomic mass is 79.9. The molecule has 4 nitrogen and oxygen atoms in total. The Morgan fingerprint density at radius 3 is 2.59 bits per heavy atom. The molecular weight excluding hydrogens is 438 g/mol. The van der Waals surface area contributed by atoms with Crippen molar-refractivity contribution < 1.29 is 18.7 Å². The van der Waals surface area contributed by atoms with Gasteiger partial charge in [0.15, 0.2) is 5.78 Å². The number of Topliss-reactive ketones (excluding diaryl/α,β-unsaturated/α-hetero) is 1. The van der Waals surface area contributed by atoms with Gasteiger partial charge < -0.3 is 10.5 Å².